The van der Waals surface area contributed by atoms with Gasteiger partial charge < -0.3 is 14.6 Å². The Morgan fingerprint density at radius 1 is 1.53 bits per heavy atom. The molecular weight excluding hydrogens is 260 g/mol. The lowest BCUT2D eigenvalue weighted by atomic mass is 9.96. The molecule has 4 heteroatoms. The summed E-state index contributed by atoms with van der Waals surface area (Å²) in [6.07, 6.45) is 0. The van der Waals surface area contributed by atoms with E-state index < -0.39 is 0 Å². The Morgan fingerprint density at radius 2 is 2.27 bits per heavy atom. The first-order chi connectivity index (χ1) is 7.15. The molecule has 0 spiro atoms. The van der Waals surface area contributed by atoms with Gasteiger partial charge in [-0.15, -0.1) is 0 Å². The molecule has 0 aliphatic carbocycles. The molecule has 1 heterocycles. The highest BCUT2D eigenvalue weighted by Gasteiger charge is 2.22. The fraction of sp³-hybridized carbons (Fsp3) is 0.455. The molecule has 0 amide bonds. The fourth-order valence-corrected chi connectivity index (χ4v) is 2.26. The van der Waals surface area contributed by atoms with E-state index in [1.807, 2.05) is 19.9 Å². The lowest BCUT2D eigenvalue weighted by molar-refractivity contribution is 0.173. The lowest BCUT2D eigenvalue weighted by Gasteiger charge is -2.14. The van der Waals surface area contributed by atoms with Crippen LogP contribution in [0.2, 0.25) is 0 Å². The number of aliphatic hydroxyl groups excluding tert-OH is 1. The zero-order chi connectivity index (χ0) is 11.0. The molecule has 1 atom stereocenters. The summed E-state index contributed by atoms with van der Waals surface area (Å²) in [6, 6.07) is 1.95. The van der Waals surface area contributed by atoms with Crippen LogP contribution in [0.1, 0.15) is 24.0 Å². The first-order valence-corrected chi connectivity index (χ1v) is 5.64. The maximum Gasteiger partial charge on any atom is 0.231 e. The van der Waals surface area contributed by atoms with Gasteiger partial charge in [0.1, 0.15) is 0 Å². The van der Waals surface area contributed by atoms with Gasteiger partial charge in [-0.1, -0.05) is 6.92 Å². The highest BCUT2D eigenvalue weighted by Crippen LogP contribution is 2.44. The molecule has 1 aliphatic rings. The van der Waals surface area contributed by atoms with E-state index >= 15 is 0 Å². The molecule has 1 aromatic rings. The van der Waals surface area contributed by atoms with Crippen LogP contribution in [0.4, 0.5) is 0 Å². The van der Waals surface area contributed by atoms with Crippen LogP contribution in [0, 0.1) is 6.92 Å². The minimum atomic E-state index is 0.107. The summed E-state index contributed by atoms with van der Waals surface area (Å²) >= 11 is 3.49. The number of halogens is 1. The second-order valence-electron chi connectivity index (χ2n) is 3.72. The summed E-state index contributed by atoms with van der Waals surface area (Å²) in [6.45, 7) is 4.39. The normalized spacial score (nSPS) is 15.5. The number of benzene rings is 1. The van der Waals surface area contributed by atoms with E-state index in [1.165, 1.54) is 0 Å². The molecule has 0 fully saturated rings. The summed E-state index contributed by atoms with van der Waals surface area (Å²) in [5.41, 5.74) is 2.19. The molecule has 1 N–H and O–H groups in total. The summed E-state index contributed by atoms with van der Waals surface area (Å²) in [5, 5.41) is 9.16. The van der Waals surface area contributed by atoms with Crippen LogP contribution in [-0.2, 0) is 0 Å². The van der Waals surface area contributed by atoms with E-state index in [4.69, 9.17) is 14.6 Å². The van der Waals surface area contributed by atoms with Crippen LogP contribution in [-0.4, -0.2) is 18.5 Å². The summed E-state index contributed by atoms with van der Waals surface area (Å²) in [7, 11) is 0. The summed E-state index contributed by atoms with van der Waals surface area (Å²) in [5.74, 6) is 1.62. The third kappa shape index (κ3) is 1.72. The van der Waals surface area contributed by atoms with Gasteiger partial charge in [-0.2, -0.15) is 0 Å². The molecule has 1 unspecified atom stereocenters. The van der Waals surface area contributed by atoms with Gasteiger partial charge in [-0.25, -0.2) is 0 Å². The van der Waals surface area contributed by atoms with Gasteiger partial charge in [-0.05, 0) is 40.0 Å². The van der Waals surface area contributed by atoms with Gasteiger partial charge in [0.05, 0.1) is 4.47 Å². The Bertz CT molecular complexity index is 390. The molecule has 15 heavy (non-hydrogen) atoms. The third-order valence-electron chi connectivity index (χ3n) is 2.69. The number of hydrogen-bond acceptors (Lipinski definition) is 3. The number of rotatable bonds is 2. The van der Waals surface area contributed by atoms with Crippen LogP contribution in [0.3, 0.4) is 0 Å². The minimum absolute atomic E-state index is 0.107. The third-order valence-corrected chi connectivity index (χ3v) is 3.65. The van der Waals surface area contributed by atoms with E-state index in [9.17, 15) is 0 Å². The van der Waals surface area contributed by atoms with Gasteiger partial charge in [0, 0.05) is 12.5 Å². The topological polar surface area (TPSA) is 38.7 Å². The first kappa shape index (κ1) is 10.8. The average molecular weight is 273 g/mol. The van der Waals surface area contributed by atoms with Crippen molar-refractivity contribution in [2.45, 2.75) is 19.8 Å². The summed E-state index contributed by atoms with van der Waals surface area (Å²) in [4.78, 5) is 0. The van der Waals surface area contributed by atoms with Gasteiger partial charge in [0.15, 0.2) is 11.5 Å². The molecule has 3 nitrogen and oxygen atoms in total. The number of ether oxygens (including phenoxy) is 2. The van der Waals surface area contributed by atoms with E-state index in [1.54, 1.807) is 0 Å². The van der Waals surface area contributed by atoms with Crippen molar-refractivity contribution in [1.82, 2.24) is 0 Å². The predicted octanol–water partition coefficient (Wildman–Crippen LogP) is 2.58. The van der Waals surface area contributed by atoms with Crippen molar-refractivity contribution in [2.75, 3.05) is 13.4 Å². The quantitative estimate of drug-likeness (QED) is 0.900. The van der Waals surface area contributed by atoms with E-state index in [0.29, 0.717) is 0 Å². The van der Waals surface area contributed by atoms with Gasteiger partial charge in [0.25, 0.3) is 0 Å². The van der Waals surface area contributed by atoms with Crippen molar-refractivity contribution in [3.8, 4) is 11.5 Å². The SMILES string of the molecule is Cc1c(C(C)CO)cc2c(c1Br)OCO2. The Hall–Kier alpha value is -0.740. The zero-order valence-corrected chi connectivity index (χ0v) is 10.3. The van der Waals surface area contributed by atoms with Crippen LogP contribution < -0.4 is 9.47 Å². The van der Waals surface area contributed by atoms with E-state index in [-0.39, 0.29) is 19.3 Å². The van der Waals surface area contributed by atoms with Gasteiger partial charge in [0.2, 0.25) is 6.79 Å². The number of fused-ring (bicyclic) bond motifs is 1. The van der Waals surface area contributed by atoms with E-state index in [0.717, 1.165) is 27.1 Å². The van der Waals surface area contributed by atoms with Crippen LogP contribution in [0.25, 0.3) is 0 Å². The van der Waals surface area contributed by atoms with Crippen molar-refractivity contribution in [2.24, 2.45) is 0 Å². The average Bonchev–Trinajstić information content (AvgIpc) is 2.70. The molecule has 1 aromatic carbocycles. The monoisotopic (exact) mass is 272 g/mol. The Morgan fingerprint density at radius 3 is 2.93 bits per heavy atom. The zero-order valence-electron chi connectivity index (χ0n) is 8.71. The Kier molecular flexibility index (Phi) is 2.89. The molecule has 0 bridgehead atoms. The Balaban J connectivity index is 2.54. The second-order valence-corrected chi connectivity index (χ2v) is 4.52. The largest absolute Gasteiger partial charge is 0.454 e. The van der Waals surface area contributed by atoms with Crippen LogP contribution in [0.15, 0.2) is 10.5 Å². The molecule has 1 aliphatic heterocycles. The van der Waals surface area contributed by atoms with Crippen LogP contribution in [0.5, 0.6) is 11.5 Å². The second kappa shape index (κ2) is 4.02. The van der Waals surface area contributed by atoms with Crippen LogP contribution >= 0.6 is 15.9 Å². The molecular formula is C11H13BrO3. The Labute approximate surface area is 97.1 Å². The minimum Gasteiger partial charge on any atom is -0.454 e. The van der Waals surface area contributed by atoms with Gasteiger partial charge in [-0.3, -0.25) is 0 Å². The smallest absolute Gasteiger partial charge is 0.231 e. The predicted molar refractivity (Wildman–Crippen MR) is 60.5 cm³/mol. The molecule has 0 aromatic heterocycles. The van der Waals surface area contributed by atoms with Crippen molar-refractivity contribution >= 4 is 15.9 Å². The lowest BCUT2D eigenvalue weighted by Crippen LogP contribution is -2.02. The highest BCUT2D eigenvalue weighted by atomic mass is 79.9. The highest BCUT2D eigenvalue weighted by molar-refractivity contribution is 9.10. The molecule has 0 saturated heterocycles. The van der Waals surface area contributed by atoms with Crippen molar-refractivity contribution in [3.63, 3.8) is 0 Å². The number of hydrogen-bond donors (Lipinski definition) is 1. The maximum atomic E-state index is 9.16. The standard InChI is InChI=1S/C11H13BrO3/c1-6(4-13)8-3-9-11(15-5-14-9)10(12)7(8)2/h3,6,13H,4-5H2,1-2H3. The van der Waals surface area contributed by atoms with Crippen molar-refractivity contribution < 1.29 is 14.6 Å². The molecule has 0 radical (unpaired) electrons. The number of aliphatic hydroxyl groups is 1. The van der Waals surface area contributed by atoms with E-state index in [2.05, 4.69) is 15.9 Å². The summed E-state index contributed by atoms with van der Waals surface area (Å²) < 4.78 is 11.6. The molecule has 0 saturated carbocycles. The first-order valence-electron chi connectivity index (χ1n) is 4.84. The maximum absolute atomic E-state index is 9.16. The van der Waals surface area contributed by atoms with Crippen molar-refractivity contribution in [3.05, 3.63) is 21.7 Å². The van der Waals surface area contributed by atoms with Crippen molar-refractivity contribution in [1.29, 1.82) is 0 Å². The molecule has 82 valence electrons. The fourth-order valence-electron chi connectivity index (χ4n) is 1.72. The van der Waals surface area contributed by atoms with Gasteiger partial charge >= 0.3 is 0 Å². The molecule has 2 rings (SSSR count).